The average Bonchev–Trinajstić information content (AvgIpc) is 1.88. The number of aromatic nitrogens is 1. The van der Waals surface area contributed by atoms with E-state index >= 15 is 0 Å². The van der Waals surface area contributed by atoms with Crippen LogP contribution in [0.1, 0.15) is 11.1 Å². The summed E-state index contributed by atoms with van der Waals surface area (Å²) in [5.74, 6) is 0. The molecule has 0 spiro atoms. The van der Waals surface area contributed by atoms with Crippen LogP contribution in [0.3, 0.4) is 0 Å². The van der Waals surface area contributed by atoms with E-state index in [4.69, 9.17) is 0 Å². The number of pyridine rings is 1. The molecule has 0 atom stereocenters. The van der Waals surface area contributed by atoms with Crippen LogP contribution in [0.2, 0.25) is 4.97 Å². The molecule has 54 valence electrons. The van der Waals surface area contributed by atoms with Gasteiger partial charge in [-0.15, -0.1) is 0 Å². The zero-order chi connectivity index (χ0) is 7.56. The molecule has 0 bridgehead atoms. The Bertz CT molecular complexity index is 233. The molecule has 1 aromatic heterocycles. The fraction of sp³-hybridized carbons (Fsp3) is 0.375. The number of rotatable bonds is 1. The summed E-state index contributed by atoms with van der Waals surface area (Å²) in [6, 6.07) is 2.20. The van der Waals surface area contributed by atoms with Crippen LogP contribution < -0.4 is 3.74 Å². The standard InChI is InChI=1S/C8H11NTe/c1-6-4-7(2)8(10-3)9-5-6/h4-5H,1-3H3. The van der Waals surface area contributed by atoms with E-state index in [9.17, 15) is 0 Å². The van der Waals surface area contributed by atoms with Gasteiger partial charge < -0.3 is 0 Å². The van der Waals surface area contributed by atoms with Gasteiger partial charge in [-0.3, -0.25) is 0 Å². The molecule has 1 rings (SSSR count). The molecule has 0 radical (unpaired) electrons. The minimum absolute atomic E-state index is 0.00554. The van der Waals surface area contributed by atoms with Gasteiger partial charge in [0, 0.05) is 0 Å². The Labute approximate surface area is 71.9 Å². The zero-order valence-electron chi connectivity index (χ0n) is 6.51. The Morgan fingerprint density at radius 1 is 1.40 bits per heavy atom. The number of aryl methyl sites for hydroxylation is 2. The second-order valence-corrected chi connectivity index (χ2v) is 4.61. The Morgan fingerprint density at radius 2 is 2.10 bits per heavy atom. The quantitative estimate of drug-likeness (QED) is 0.678. The van der Waals surface area contributed by atoms with E-state index in [1.54, 1.807) is 0 Å². The van der Waals surface area contributed by atoms with Crippen molar-refractivity contribution in [3.63, 3.8) is 0 Å². The second-order valence-electron chi connectivity index (χ2n) is 2.34. The molecule has 0 fully saturated rings. The Kier molecular flexibility index (Phi) is 2.71. The van der Waals surface area contributed by atoms with Crippen molar-refractivity contribution < 1.29 is 0 Å². The monoisotopic (exact) mass is 251 g/mol. The van der Waals surface area contributed by atoms with Crippen molar-refractivity contribution in [2.75, 3.05) is 0 Å². The summed E-state index contributed by atoms with van der Waals surface area (Å²) in [6.45, 7) is 4.23. The SMILES string of the molecule is C[Te]c1ncc(C)cc1C. The third-order valence-corrected chi connectivity index (χ3v) is 3.68. The summed E-state index contributed by atoms with van der Waals surface area (Å²) in [5.41, 5.74) is 2.63. The van der Waals surface area contributed by atoms with Crippen LogP contribution in [0.5, 0.6) is 0 Å². The van der Waals surface area contributed by atoms with Crippen molar-refractivity contribution in [3.8, 4) is 0 Å². The molecule has 0 aliphatic heterocycles. The normalized spacial score (nSPS) is 9.90. The van der Waals surface area contributed by atoms with Gasteiger partial charge >= 0.3 is 71.9 Å². The van der Waals surface area contributed by atoms with E-state index in [1.807, 2.05) is 6.20 Å². The van der Waals surface area contributed by atoms with Gasteiger partial charge in [-0.2, -0.15) is 0 Å². The summed E-state index contributed by atoms with van der Waals surface area (Å²) in [4.78, 5) is 6.61. The summed E-state index contributed by atoms with van der Waals surface area (Å²) < 4.78 is 1.34. The van der Waals surface area contributed by atoms with Crippen LogP contribution in [0.25, 0.3) is 0 Å². The molecular formula is C8H11NTe. The Hall–Kier alpha value is -0.0604. The van der Waals surface area contributed by atoms with Crippen molar-refractivity contribution in [1.29, 1.82) is 0 Å². The van der Waals surface area contributed by atoms with E-state index in [-0.39, 0.29) is 20.9 Å². The van der Waals surface area contributed by atoms with E-state index in [1.165, 1.54) is 14.9 Å². The van der Waals surface area contributed by atoms with Gasteiger partial charge in [0.1, 0.15) is 0 Å². The fourth-order valence-corrected chi connectivity index (χ4v) is 2.45. The molecule has 1 heterocycles. The van der Waals surface area contributed by atoms with Gasteiger partial charge in [-0.25, -0.2) is 0 Å². The molecule has 10 heavy (non-hydrogen) atoms. The molecule has 0 saturated heterocycles. The van der Waals surface area contributed by atoms with Crippen molar-refractivity contribution in [1.82, 2.24) is 4.98 Å². The molecule has 0 unspecified atom stereocenters. The molecule has 1 aromatic rings. The average molecular weight is 249 g/mol. The first-order valence-corrected chi connectivity index (χ1v) is 6.71. The van der Waals surface area contributed by atoms with Gasteiger partial charge in [-0.05, 0) is 0 Å². The minimum atomic E-state index is 0.00554. The van der Waals surface area contributed by atoms with Crippen LogP contribution in [-0.4, -0.2) is 25.9 Å². The van der Waals surface area contributed by atoms with Gasteiger partial charge in [0.25, 0.3) is 0 Å². The summed E-state index contributed by atoms with van der Waals surface area (Å²) in [7, 11) is 0. The predicted molar refractivity (Wildman–Crippen MR) is 45.0 cm³/mol. The van der Waals surface area contributed by atoms with Gasteiger partial charge in [0.2, 0.25) is 0 Å². The van der Waals surface area contributed by atoms with Gasteiger partial charge in [0.05, 0.1) is 0 Å². The third kappa shape index (κ3) is 1.71. The third-order valence-electron chi connectivity index (χ3n) is 1.36. The number of nitrogens with zero attached hydrogens (tertiary/aromatic N) is 1. The number of hydrogen-bond donors (Lipinski definition) is 0. The van der Waals surface area contributed by atoms with Crippen LogP contribution in [0.15, 0.2) is 12.3 Å². The summed E-state index contributed by atoms with van der Waals surface area (Å²) in [5, 5.41) is 0. The van der Waals surface area contributed by atoms with E-state index in [0.717, 1.165) is 0 Å². The molecule has 0 N–H and O–H groups in total. The predicted octanol–water partition coefficient (Wildman–Crippen LogP) is 1.08. The molecule has 0 aliphatic carbocycles. The molecule has 0 amide bonds. The van der Waals surface area contributed by atoms with E-state index in [0.29, 0.717) is 0 Å². The zero-order valence-corrected chi connectivity index (χ0v) is 8.84. The topological polar surface area (TPSA) is 12.9 Å². The molecule has 0 saturated carbocycles. The van der Waals surface area contributed by atoms with Crippen LogP contribution in [-0.2, 0) is 0 Å². The van der Waals surface area contributed by atoms with Crippen molar-refractivity contribution in [3.05, 3.63) is 23.4 Å². The maximum atomic E-state index is 4.35. The fourth-order valence-electron chi connectivity index (χ4n) is 0.916. The van der Waals surface area contributed by atoms with Crippen LogP contribution in [0, 0.1) is 13.8 Å². The van der Waals surface area contributed by atoms with E-state index in [2.05, 4.69) is 29.9 Å². The molecule has 0 aliphatic rings. The Morgan fingerprint density at radius 3 is 2.60 bits per heavy atom. The first-order valence-electron chi connectivity index (χ1n) is 3.21. The van der Waals surface area contributed by atoms with Crippen molar-refractivity contribution >= 4 is 24.7 Å². The first kappa shape index (κ1) is 8.04. The van der Waals surface area contributed by atoms with Gasteiger partial charge in [0.15, 0.2) is 0 Å². The molecule has 0 aromatic carbocycles. The Balaban J connectivity index is 3.07. The molecular weight excluding hydrogens is 238 g/mol. The van der Waals surface area contributed by atoms with E-state index < -0.39 is 0 Å². The molecule has 1 nitrogen and oxygen atoms in total. The molecule has 2 heteroatoms. The summed E-state index contributed by atoms with van der Waals surface area (Å²) >= 11 is 0.00554. The van der Waals surface area contributed by atoms with Crippen LogP contribution in [0.4, 0.5) is 0 Å². The number of hydrogen-bond acceptors (Lipinski definition) is 1. The van der Waals surface area contributed by atoms with Crippen molar-refractivity contribution in [2.24, 2.45) is 0 Å². The van der Waals surface area contributed by atoms with Crippen molar-refractivity contribution in [2.45, 2.75) is 18.8 Å². The maximum absolute atomic E-state index is 4.35. The van der Waals surface area contributed by atoms with Gasteiger partial charge in [-0.1, -0.05) is 0 Å². The first-order chi connectivity index (χ1) is 4.74. The second kappa shape index (κ2) is 3.37. The van der Waals surface area contributed by atoms with Crippen LogP contribution >= 0.6 is 0 Å². The summed E-state index contributed by atoms with van der Waals surface area (Å²) in [6.07, 6.45) is 1.95.